The fourth-order valence-electron chi connectivity index (χ4n) is 4.52. The molecule has 2 aromatic heterocycles. The van der Waals surface area contributed by atoms with Crippen LogP contribution in [0.1, 0.15) is 38.3 Å². The van der Waals surface area contributed by atoms with Crippen molar-refractivity contribution < 1.29 is 9.13 Å². The lowest BCUT2D eigenvalue weighted by Gasteiger charge is -2.22. The predicted octanol–water partition coefficient (Wildman–Crippen LogP) is 7.13. The first-order valence-electron chi connectivity index (χ1n) is 12.2. The van der Waals surface area contributed by atoms with Crippen molar-refractivity contribution >= 4 is 22.3 Å². The second-order valence-electron chi connectivity index (χ2n) is 8.62. The van der Waals surface area contributed by atoms with Gasteiger partial charge in [-0.2, -0.15) is 0 Å². The fourth-order valence-corrected chi connectivity index (χ4v) is 4.52. The number of pyridine rings is 1. The molecule has 35 heavy (non-hydrogen) atoms. The van der Waals surface area contributed by atoms with E-state index in [0.717, 1.165) is 52.9 Å². The molecule has 0 bridgehead atoms. The number of aromatic amines is 1. The molecular formula is C29H33FN4O. The molecule has 0 saturated carbocycles. The smallest absolute Gasteiger partial charge is 0.154 e. The van der Waals surface area contributed by atoms with Crippen molar-refractivity contribution in [3.8, 4) is 16.9 Å². The van der Waals surface area contributed by atoms with Crippen LogP contribution >= 0.6 is 0 Å². The van der Waals surface area contributed by atoms with Gasteiger partial charge in [-0.05, 0) is 41.7 Å². The number of benzene rings is 2. The fraction of sp³-hybridized carbons (Fsp3) is 0.276. The first-order chi connectivity index (χ1) is 17.0. The molecule has 0 radical (unpaired) electrons. The molecular weight excluding hydrogens is 439 g/mol. The number of nitrogens with zero attached hydrogens (tertiary/aromatic N) is 2. The summed E-state index contributed by atoms with van der Waals surface area (Å²) in [5.74, 6) is 0.690. The van der Waals surface area contributed by atoms with Gasteiger partial charge in [0.1, 0.15) is 11.5 Å². The Morgan fingerprint density at radius 1 is 1.17 bits per heavy atom. The van der Waals surface area contributed by atoms with E-state index >= 15 is 4.39 Å². The minimum absolute atomic E-state index is 0.348. The minimum Gasteiger partial charge on any atom is -0.494 e. The van der Waals surface area contributed by atoms with Crippen molar-refractivity contribution in [2.75, 3.05) is 25.6 Å². The van der Waals surface area contributed by atoms with Crippen LogP contribution in [-0.2, 0) is 0 Å². The van der Waals surface area contributed by atoms with Gasteiger partial charge in [0.15, 0.2) is 5.75 Å². The first kappa shape index (κ1) is 24.5. The third kappa shape index (κ3) is 4.93. The number of aromatic nitrogens is 2. The maximum atomic E-state index is 15.2. The largest absolute Gasteiger partial charge is 0.494 e. The summed E-state index contributed by atoms with van der Waals surface area (Å²) < 4.78 is 20.9. The molecule has 5 nitrogen and oxygen atoms in total. The van der Waals surface area contributed by atoms with E-state index in [1.165, 1.54) is 6.07 Å². The molecule has 1 atom stereocenters. The number of rotatable bonds is 6. The SMILES string of the molecule is C=C(c1c(F)ccc(NN2CCC(C)C2)c1OC)c1c[nH]c2ncc(-c3ccccc3)cc12.CC. The first-order valence-corrected chi connectivity index (χ1v) is 12.2. The quantitative estimate of drug-likeness (QED) is 0.313. The molecule has 0 spiro atoms. The minimum atomic E-state index is -0.376. The lowest BCUT2D eigenvalue weighted by molar-refractivity contribution is 0.380. The van der Waals surface area contributed by atoms with Crippen molar-refractivity contribution in [2.45, 2.75) is 27.2 Å². The van der Waals surface area contributed by atoms with Crippen LogP contribution in [0.25, 0.3) is 27.7 Å². The number of halogens is 1. The lowest BCUT2D eigenvalue weighted by atomic mass is 9.96. The molecule has 1 fully saturated rings. The Labute approximate surface area is 206 Å². The second kappa shape index (κ2) is 10.7. The van der Waals surface area contributed by atoms with E-state index in [1.807, 2.05) is 56.6 Å². The molecule has 3 heterocycles. The van der Waals surface area contributed by atoms with Crippen LogP contribution in [0.2, 0.25) is 0 Å². The highest BCUT2D eigenvalue weighted by Crippen LogP contribution is 2.40. The molecule has 0 aliphatic carbocycles. The number of methoxy groups -OCH3 is 1. The standard InChI is InChI=1S/C27H27FN4O.C2H6/c1-17-11-12-32(16-17)31-24-10-9-23(28)25(26(24)33-3)18(2)22-15-30-27-21(22)13-20(14-29-27)19-7-5-4-6-8-19;1-2/h4-10,13-15,17,31H,2,11-12,16H2,1,3H3,(H,29,30);1-2H3. The van der Waals surface area contributed by atoms with Gasteiger partial charge in [0.05, 0.1) is 18.4 Å². The van der Waals surface area contributed by atoms with E-state index in [4.69, 9.17) is 4.74 Å². The molecule has 1 aliphatic rings. The molecule has 182 valence electrons. The van der Waals surface area contributed by atoms with Crippen LogP contribution in [0.15, 0.2) is 67.5 Å². The number of anilines is 1. The molecule has 1 saturated heterocycles. The Morgan fingerprint density at radius 3 is 2.63 bits per heavy atom. The van der Waals surface area contributed by atoms with Gasteiger partial charge in [0.25, 0.3) is 0 Å². The van der Waals surface area contributed by atoms with Crippen molar-refractivity contribution in [3.05, 3.63) is 84.4 Å². The predicted molar refractivity (Wildman–Crippen MR) is 143 cm³/mol. The Bertz CT molecular complexity index is 1320. The van der Waals surface area contributed by atoms with Crippen molar-refractivity contribution in [2.24, 2.45) is 5.92 Å². The van der Waals surface area contributed by atoms with E-state index in [0.29, 0.717) is 22.8 Å². The number of ether oxygens (including phenoxy) is 1. The van der Waals surface area contributed by atoms with Crippen LogP contribution in [0.3, 0.4) is 0 Å². The van der Waals surface area contributed by atoms with Gasteiger partial charge >= 0.3 is 0 Å². The van der Waals surface area contributed by atoms with E-state index in [1.54, 1.807) is 13.2 Å². The van der Waals surface area contributed by atoms with Crippen LogP contribution in [-0.4, -0.2) is 35.2 Å². The molecule has 1 unspecified atom stereocenters. The average molecular weight is 473 g/mol. The summed E-state index contributed by atoms with van der Waals surface area (Å²) in [5, 5.41) is 3.03. The summed E-state index contributed by atoms with van der Waals surface area (Å²) in [6.07, 6.45) is 4.79. The molecule has 5 rings (SSSR count). The van der Waals surface area contributed by atoms with E-state index in [9.17, 15) is 0 Å². The Kier molecular flexibility index (Phi) is 7.51. The summed E-state index contributed by atoms with van der Waals surface area (Å²) in [6, 6.07) is 15.3. The van der Waals surface area contributed by atoms with Crippen LogP contribution in [0.4, 0.5) is 10.1 Å². The zero-order chi connectivity index (χ0) is 24.9. The maximum absolute atomic E-state index is 15.2. The average Bonchev–Trinajstić information content (AvgIpc) is 3.51. The Hall–Kier alpha value is -3.64. The van der Waals surface area contributed by atoms with Crippen molar-refractivity contribution in [1.82, 2.24) is 15.0 Å². The maximum Gasteiger partial charge on any atom is 0.154 e. The van der Waals surface area contributed by atoms with Gasteiger partial charge in [-0.1, -0.05) is 57.7 Å². The van der Waals surface area contributed by atoms with Gasteiger partial charge in [0.2, 0.25) is 0 Å². The second-order valence-corrected chi connectivity index (χ2v) is 8.62. The zero-order valence-corrected chi connectivity index (χ0v) is 20.9. The highest BCUT2D eigenvalue weighted by atomic mass is 19.1. The van der Waals surface area contributed by atoms with Gasteiger partial charge < -0.3 is 15.1 Å². The van der Waals surface area contributed by atoms with Gasteiger partial charge in [-0.25, -0.2) is 14.4 Å². The molecule has 0 amide bonds. The number of hydrogen-bond donors (Lipinski definition) is 2. The van der Waals surface area contributed by atoms with Gasteiger partial charge in [0, 0.05) is 42.0 Å². The molecule has 1 aliphatic heterocycles. The van der Waals surface area contributed by atoms with Gasteiger partial charge in [-0.3, -0.25) is 0 Å². The third-order valence-electron chi connectivity index (χ3n) is 6.28. The summed E-state index contributed by atoms with van der Waals surface area (Å²) >= 11 is 0. The van der Waals surface area contributed by atoms with Crippen LogP contribution in [0, 0.1) is 11.7 Å². The number of H-pyrrole nitrogens is 1. The Balaban J connectivity index is 0.00000141. The molecule has 6 heteroatoms. The topological polar surface area (TPSA) is 53.2 Å². The summed E-state index contributed by atoms with van der Waals surface area (Å²) in [4.78, 5) is 7.77. The molecule has 2 aromatic carbocycles. The van der Waals surface area contributed by atoms with Crippen LogP contribution < -0.4 is 10.2 Å². The lowest BCUT2D eigenvalue weighted by Crippen LogP contribution is -2.27. The summed E-state index contributed by atoms with van der Waals surface area (Å²) in [5.41, 5.74) is 8.60. The van der Waals surface area contributed by atoms with E-state index in [2.05, 4.69) is 40.0 Å². The Morgan fingerprint density at radius 2 is 1.94 bits per heavy atom. The highest BCUT2D eigenvalue weighted by molar-refractivity contribution is 5.98. The zero-order valence-electron chi connectivity index (χ0n) is 20.9. The number of nitrogens with one attached hydrogen (secondary N) is 2. The molecule has 2 N–H and O–H groups in total. The normalized spacial score (nSPS) is 15.5. The summed E-state index contributed by atoms with van der Waals surface area (Å²) in [7, 11) is 1.56. The molecule has 4 aromatic rings. The highest BCUT2D eigenvalue weighted by Gasteiger charge is 2.24. The third-order valence-corrected chi connectivity index (χ3v) is 6.28. The van der Waals surface area contributed by atoms with E-state index < -0.39 is 0 Å². The number of hydrogen-bond acceptors (Lipinski definition) is 4. The number of hydrazine groups is 1. The van der Waals surface area contributed by atoms with Crippen molar-refractivity contribution in [1.29, 1.82) is 0 Å². The van der Waals surface area contributed by atoms with Gasteiger partial charge in [-0.15, -0.1) is 0 Å². The van der Waals surface area contributed by atoms with E-state index in [-0.39, 0.29) is 5.82 Å². The monoisotopic (exact) mass is 472 g/mol. The summed E-state index contributed by atoms with van der Waals surface area (Å²) in [6.45, 7) is 12.4. The van der Waals surface area contributed by atoms with Crippen molar-refractivity contribution in [3.63, 3.8) is 0 Å². The van der Waals surface area contributed by atoms with Crippen LogP contribution in [0.5, 0.6) is 5.75 Å². The number of fused-ring (bicyclic) bond motifs is 1.